The second-order valence-electron chi connectivity index (χ2n) is 5.83. The zero-order valence-corrected chi connectivity index (χ0v) is 15.0. The van der Waals surface area contributed by atoms with Gasteiger partial charge in [-0.25, -0.2) is 18.7 Å². The van der Waals surface area contributed by atoms with Crippen molar-refractivity contribution < 1.29 is 13.9 Å². The van der Waals surface area contributed by atoms with Crippen LogP contribution < -0.4 is 5.56 Å². The summed E-state index contributed by atoms with van der Waals surface area (Å²) in [7, 11) is 1.28. The first kappa shape index (κ1) is 17.2. The number of halogens is 2. The van der Waals surface area contributed by atoms with Crippen molar-refractivity contribution in [1.82, 2.24) is 19.2 Å². The fraction of sp³-hybridized carbons (Fsp3) is 0.111. The number of carbonyl (C=O) groups is 1. The summed E-state index contributed by atoms with van der Waals surface area (Å²) in [6, 6.07) is 5.67. The minimum Gasteiger partial charge on any atom is -0.465 e. The molecule has 0 spiro atoms. The molecule has 9 heteroatoms. The van der Waals surface area contributed by atoms with Crippen LogP contribution in [0.2, 0.25) is 5.02 Å². The summed E-state index contributed by atoms with van der Waals surface area (Å²) >= 11 is 5.82. The normalized spacial score (nSPS) is 11.3. The summed E-state index contributed by atoms with van der Waals surface area (Å²) in [6.45, 7) is 1.66. The van der Waals surface area contributed by atoms with Gasteiger partial charge in [-0.15, -0.1) is 0 Å². The van der Waals surface area contributed by atoms with Gasteiger partial charge in [0.2, 0.25) is 0 Å². The molecule has 0 aliphatic heterocycles. The number of hydrogen-bond acceptors (Lipinski definition) is 5. The molecule has 136 valence electrons. The van der Waals surface area contributed by atoms with Gasteiger partial charge in [-0.05, 0) is 31.2 Å². The molecule has 0 bridgehead atoms. The Morgan fingerprint density at radius 2 is 2.07 bits per heavy atom. The summed E-state index contributed by atoms with van der Waals surface area (Å²) in [5.74, 6) is -1.12. The van der Waals surface area contributed by atoms with Crippen LogP contribution in [0, 0.1) is 12.7 Å². The second-order valence-corrected chi connectivity index (χ2v) is 6.24. The van der Waals surface area contributed by atoms with Crippen LogP contribution in [0.15, 0.2) is 41.5 Å². The van der Waals surface area contributed by atoms with E-state index >= 15 is 0 Å². The topological polar surface area (TPSA) is 78.5 Å². The second kappa shape index (κ2) is 6.17. The lowest BCUT2D eigenvalue weighted by molar-refractivity contribution is 0.0602. The van der Waals surface area contributed by atoms with Gasteiger partial charge in [0, 0.05) is 12.4 Å². The molecule has 0 unspecified atom stereocenters. The summed E-state index contributed by atoms with van der Waals surface area (Å²) < 4.78 is 20.9. The van der Waals surface area contributed by atoms with Crippen LogP contribution in [0.5, 0.6) is 0 Å². The highest BCUT2D eigenvalue weighted by molar-refractivity contribution is 6.30. The third kappa shape index (κ3) is 2.57. The van der Waals surface area contributed by atoms with Crippen LogP contribution in [-0.4, -0.2) is 32.2 Å². The van der Waals surface area contributed by atoms with E-state index in [-0.39, 0.29) is 21.5 Å². The van der Waals surface area contributed by atoms with Crippen LogP contribution in [0.3, 0.4) is 0 Å². The van der Waals surface area contributed by atoms with Crippen molar-refractivity contribution in [2.75, 3.05) is 7.11 Å². The number of pyridine rings is 1. The van der Waals surface area contributed by atoms with Crippen LogP contribution >= 0.6 is 11.6 Å². The van der Waals surface area contributed by atoms with Gasteiger partial charge >= 0.3 is 5.97 Å². The van der Waals surface area contributed by atoms with Gasteiger partial charge in [-0.1, -0.05) is 11.6 Å². The van der Waals surface area contributed by atoms with E-state index in [0.29, 0.717) is 22.5 Å². The molecule has 0 saturated carbocycles. The molecular weight excluding hydrogens is 375 g/mol. The third-order valence-electron chi connectivity index (χ3n) is 4.26. The highest BCUT2D eigenvalue weighted by atomic mass is 35.5. The van der Waals surface area contributed by atoms with Crippen molar-refractivity contribution in [3.8, 4) is 5.69 Å². The Labute approximate surface area is 156 Å². The number of ether oxygens (including phenoxy) is 1. The van der Waals surface area contributed by atoms with E-state index in [1.165, 1.54) is 46.8 Å². The lowest BCUT2D eigenvalue weighted by Crippen LogP contribution is -2.19. The highest BCUT2D eigenvalue weighted by Gasteiger charge is 2.21. The number of esters is 1. The molecule has 0 amide bonds. The van der Waals surface area contributed by atoms with Gasteiger partial charge in [0.15, 0.2) is 5.65 Å². The van der Waals surface area contributed by atoms with Gasteiger partial charge in [0.1, 0.15) is 11.4 Å². The molecular formula is C18H12ClFN4O3. The van der Waals surface area contributed by atoms with Crippen LogP contribution in [-0.2, 0) is 4.74 Å². The first-order valence-corrected chi connectivity index (χ1v) is 8.23. The van der Waals surface area contributed by atoms with E-state index < -0.39 is 11.8 Å². The number of aromatic nitrogens is 4. The molecule has 7 nitrogen and oxygen atoms in total. The smallest absolute Gasteiger partial charge is 0.343 e. The molecule has 27 heavy (non-hydrogen) atoms. The zero-order valence-electron chi connectivity index (χ0n) is 14.2. The Balaban J connectivity index is 1.99. The van der Waals surface area contributed by atoms with E-state index in [9.17, 15) is 14.0 Å². The molecule has 1 aromatic carbocycles. The number of methoxy groups -OCH3 is 1. The van der Waals surface area contributed by atoms with Gasteiger partial charge in [-0.3, -0.25) is 9.36 Å². The van der Waals surface area contributed by atoms with Gasteiger partial charge in [0.05, 0.1) is 34.4 Å². The van der Waals surface area contributed by atoms with Crippen molar-refractivity contribution in [3.63, 3.8) is 0 Å². The van der Waals surface area contributed by atoms with E-state index in [1.54, 1.807) is 13.0 Å². The Morgan fingerprint density at radius 3 is 2.78 bits per heavy atom. The Bertz CT molecular complexity index is 1300. The largest absolute Gasteiger partial charge is 0.465 e. The predicted octanol–water partition coefficient (Wildman–Crippen LogP) is 2.92. The minimum absolute atomic E-state index is 0.0847. The maximum Gasteiger partial charge on any atom is 0.343 e. The maximum absolute atomic E-state index is 13.4. The summed E-state index contributed by atoms with van der Waals surface area (Å²) in [4.78, 5) is 29.1. The number of rotatable bonds is 2. The molecule has 0 fully saturated rings. The lowest BCUT2D eigenvalue weighted by atomic mass is 10.2. The van der Waals surface area contributed by atoms with E-state index in [1.807, 2.05) is 0 Å². The molecule has 0 atom stereocenters. The molecule has 4 rings (SSSR count). The van der Waals surface area contributed by atoms with E-state index in [4.69, 9.17) is 16.3 Å². The number of fused-ring (bicyclic) bond motifs is 3. The number of carbonyl (C=O) groups excluding carboxylic acids is 1. The molecule has 4 aromatic rings. The quantitative estimate of drug-likeness (QED) is 0.495. The maximum atomic E-state index is 13.4. The van der Waals surface area contributed by atoms with Gasteiger partial charge in [0.25, 0.3) is 5.56 Å². The molecule has 0 aliphatic carbocycles. The first-order chi connectivity index (χ1) is 12.9. The molecule has 3 aromatic heterocycles. The number of benzene rings is 1. The average Bonchev–Trinajstić information content (AvgIpc) is 3.00. The SMILES string of the molecule is COC(=O)c1c(C)nn2c1ncc1c(=O)n(-c3ccc(F)c(Cl)c3)ccc12. The monoisotopic (exact) mass is 386 g/mol. The molecule has 0 aliphatic rings. The van der Waals surface area contributed by atoms with Crippen molar-refractivity contribution in [2.45, 2.75) is 6.92 Å². The summed E-state index contributed by atoms with van der Waals surface area (Å²) in [5, 5.41) is 4.51. The lowest BCUT2D eigenvalue weighted by Gasteiger charge is -2.08. The van der Waals surface area contributed by atoms with E-state index in [2.05, 4.69) is 10.1 Å². The number of hydrogen-bond donors (Lipinski definition) is 0. The zero-order chi connectivity index (χ0) is 19.3. The molecule has 0 saturated heterocycles. The average molecular weight is 387 g/mol. The Morgan fingerprint density at radius 1 is 1.30 bits per heavy atom. The number of nitrogens with zero attached hydrogens (tertiary/aromatic N) is 4. The fourth-order valence-electron chi connectivity index (χ4n) is 2.96. The van der Waals surface area contributed by atoms with Crippen molar-refractivity contribution >= 4 is 34.1 Å². The van der Waals surface area contributed by atoms with Crippen molar-refractivity contribution in [3.05, 3.63) is 69.1 Å². The minimum atomic E-state index is -0.569. The van der Waals surface area contributed by atoms with Crippen LogP contribution in [0.4, 0.5) is 4.39 Å². The van der Waals surface area contributed by atoms with Crippen LogP contribution in [0.1, 0.15) is 16.1 Å². The third-order valence-corrected chi connectivity index (χ3v) is 4.55. The standard InChI is InChI=1S/C18H12ClFN4O3/c1-9-15(18(26)27-2)16-21-8-11-14(24(16)22-9)5-6-23(17(11)25)10-3-4-13(20)12(19)7-10/h3-8H,1-2H3. The fourth-order valence-corrected chi connectivity index (χ4v) is 3.13. The predicted molar refractivity (Wildman–Crippen MR) is 97.1 cm³/mol. The molecule has 3 heterocycles. The van der Waals surface area contributed by atoms with Gasteiger partial charge < -0.3 is 4.74 Å². The molecule has 0 radical (unpaired) electrons. The summed E-state index contributed by atoms with van der Waals surface area (Å²) in [5.41, 5.74) is 1.50. The number of aryl methyl sites for hydroxylation is 1. The Hall–Kier alpha value is -3.26. The summed E-state index contributed by atoms with van der Waals surface area (Å²) in [6.07, 6.45) is 2.91. The van der Waals surface area contributed by atoms with E-state index in [0.717, 1.165) is 0 Å². The highest BCUT2D eigenvalue weighted by Crippen LogP contribution is 2.21. The first-order valence-electron chi connectivity index (χ1n) is 7.86. The van der Waals surface area contributed by atoms with Crippen molar-refractivity contribution in [1.29, 1.82) is 0 Å². The molecule has 0 N–H and O–H groups in total. The Kier molecular flexibility index (Phi) is 3.92. The van der Waals surface area contributed by atoms with Crippen molar-refractivity contribution in [2.24, 2.45) is 0 Å². The van der Waals surface area contributed by atoms with Gasteiger partial charge in [-0.2, -0.15) is 5.10 Å². The van der Waals surface area contributed by atoms with Crippen LogP contribution in [0.25, 0.3) is 22.2 Å².